The molecule has 1 saturated carbocycles. The van der Waals surface area contributed by atoms with Crippen LogP contribution >= 0.6 is 22.7 Å². The molecule has 120 valence electrons. The Morgan fingerprint density at radius 1 is 1.22 bits per heavy atom. The highest BCUT2D eigenvalue weighted by atomic mass is 32.1. The van der Waals surface area contributed by atoms with Crippen LogP contribution in [0.5, 0.6) is 0 Å². The highest BCUT2D eigenvalue weighted by Crippen LogP contribution is 2.36. The molecule has 5 heteroatoms. The van der Waals surface area contributed by atoms with E-state index >= 15 is 0 Å². The Hall–Kier alpha value is -1.59. The molecule has 1 N–H and O–H groups in total. The molecule has 4 rings (SSSR count). The lowest BCUT2D eigenvalue weighted by molar-refractivity contribution is 0.0943. The van der Waals surface area contributed by atoms with Crippen LogP contribution < -0.4 is 5.32 Å². The summed E-state index contributed by atoms with van der Waals surface area (Å²) in [4.78, 5) is 14.0. The smallest absolute Gasteiger partial charge is 0.267 e. The zero-order valence-corrected chi connectivity index (χ0v) is 14.6. The lowest BCUT2D eigenvalue weighted by Gasteiger charge is -2.17. The SMILES string of the molecule is O=C(NCCc1cccs1)c1cc2sccc2n1C1CCCC1. The third-order valence-corrected chi connectivity index (χ3v) is 6.41. The summed E-state index contributed by atoms with van der Waals surface area (Å²) in [5, 5.41) is 7.30. The van der Waals surface area contributed by atoms with E-state index < -0.39 is 0 Å². The van der Waals surface area contributed by atoms with Crippen LogP contribution in [-0.2, 0) is 6.42 Å². The van der Waals surface area contributed by atoms with E-state index in [1.54, 1.807) is 22.7 Å². The molecule has 3 heterocycles. The molecule has 1 amide bonds. The molecule has 23 heavy (non-hydrogen) atoms. The molecular weight excluding hydrogens is 324 g/mol. The fourth-order valence-corrected chi connectivity index (χ4v) is 5.04. The molecule has 0 aromatic carbocycles. The van der Waals surface area contributed by atoms with Gasteiger partial charge in [-0.1, -0.05) is 18.9 Å². The van der Waals surface area contributed by atoms with Gasteiger partial charge in [0.15, 0.2) is 0 Å². The van der Waals surface area contributed by atoms with Crippen LogP contribution in [0.3, 0.4) is 0 Å². The molecular formula is C18H20N2OS2. The first kappa shape index (κ1) is 15.0. The van der Waals surface area contributed by atoms with Gasteiger partial charge in [0, 0.05) is 17.5 Å². The number of hydrogen-bond donors (Lipinski definition) is 1. The van der Waals surface area contributed by atoms with Crippen molar-refractivity contribution in [3.63, 3.8) is 0 Å². The van der Waals surface area contributed by atoms with Gasteiger partial charge in [-0.05, 0) is 48.2 Å². The number of nitrogens with one attached hydrogen (secondary N) is 1. The highest BCUT2D eigenvalue weighted by molar-refractivity contribution is 7.17. The van der Waals surface area contributed by atoms with Crippen LogP contribution in [0, 0.1) is 0 Å². The van der Waals surface area contributed by atoms with Crippen LogP contribution in [0.4, 0.5) is 0 Å². The monoisotopic (exact) mass is 344 g/mol. The summed E-state index contributed by atoms with van der Waals surface area (Å²) in [6.07, 6.45) is 5.83. The van der Waals surface area contributed by atoms with Crippen molar-refractivity contribution >= 4 is 38.8 Å². The molecule has 1 aliphatic rings. The summed E-state index contributed by atoms with van der Waals surface area (Å²) < 4.78 is 3.51. The maximum atomic E-state index is 12.7. The van der Waals surface area contributed by atoms with Gasteiger partial charge in [-0.3, -0.25) is 4.79 Å². The fourth-order valence-electron chi connectivity index (χ4n) is 3.52. The van der Waals surface area contributed by atoms with E-state index in [0.717, 1.165) is 12.1 Å². The largest absolute Gasteiger partial charge is 0.350 e. The number of aromatic nitrogens is 1. The number of thiophene rings is 2. The minimum atomic E-state index is 0.0665. The second kappa shape index (κ2) is 6.49. The first-order valence-electron chi connectivity index (χ1n) is 8.22. The number of carbonyl (C=O) groups excluding carboxylic acids is 1. The van der Waals surface area contributed by atoms with Crippen LogP contribution in [-0.4, -0.2) is 17.0 Å². The third kappa shape index (κ3) is 2.95. The minimum absolute atomic E-state index is 0.0665. The normalized spacial score (nSPS) is 15.5. The summed E-state index contributed by atoms with van der Waals surface area (Å²) in [6, 6.07) is 8.88. The van der Waals surface area contributed by atoms with E-state index in [4.69, 9.17) is 0 Å². The summed E-state index contributed by atoms with van der Waals surface area (Å²) >= 11 is 3.47. The molecule has 0 radical (unpaired) electrons. The summed E-state index contributed by atoms with van der Waals surface area (Å²) in [7, 11) is 0. The number of fused-ring (bicyclic) bond motifs is 1. The Balaban J connectivity index is 1.53. The van der Waals surface area contributed by atoms with E-state index in [9.17, 15) is 4.79 Å². The van der Waals surface area contributed by atoms with Gasteiger partial charge in [-0.15, -0.1) is 22.7 Å². The Labute approximate surface area is 143 Å². The number of amides is 1. The maximum Gasteiger partial charge on any atom is 0.267 e. The van der Waals surface area contributed by atoms with Crippen molar-refractivity contribution in [2.45, 2.75) is 38.1 Å². The van der Waals surface area contributed by atoms with Gasteiger partial charge in [0.05, 0.1) is 10.2 Å². The average molecular weight is 345 g/mol. The fraction of sp³-hybridized carbons (Fsp3) is 0.389. The molecule has 0 unspecified atom stereocenters. The molecule has 3 aromatic rings. The van der Waals surface area contributed by atoms with E-state index in [0.29, 0.717) is 12.6 Å². The predicted octanol–water partition coefficient (Wildman–Crippen LogP) is 4.85. The van der Waals surface area contributed by atoms with E-state index in [-0.39, 0.29) is 5.91 Å². The predicted molar refractivity (Wildman–Crippen MR) is 97.7 cm³/mol. The van der Waals surface area contributed by atoms with Crippen LogP contribution in [0.15, 0.2) is 35.0 Å². The summed E-state index contributed by atoms with van der Waals surface area (Å²) in [5.41, 5.74) is 2.07. The van der Waals surface area contributed by atoms with Gasteiger partial charge in [0.1, 0.15) is 5.69 Å². The summed E-state index contributed by atoms with van der Waals surface area (Å²) in [5.74, 6) is 0.0665. The second-order valence-electron chi connectivity index (χ2n) is 6.09. The highest BCUT2D eigenvalue weighted by Gasteiger charge is 2.24. The lowest BCUT2D eigenvalue weighted by Crippen LogP contribution is -2.28. The van der Waals surface area contributed by atoms with Crippen molar-refractivity contribution < 1.29 is 4.79 Å². The third-order valence-electron chi connectivity index (χ3n) is 4.62. The molecule has 3 aromatic heterocycles. The van der Waals surface area contributed by atoms with Crippen LogP contribution in [0.1, 0.15) is 47.1 Å². The van der Waals surface area contributed by atoms with Crippen molar-refractivity contribution in [2.75, 3.05) is 6.54 Å². The Bertz CT molecular complexity index is 794. The second-order valence-corrected chi connectivity index (χ2v) is 8.07. The van der Waals surface area contributed by atoms with E-state index in [1.165, 1.54) is 40.8 Å². The first-order chi connectivity index (χ1) is 11.3. The minimum Gasteiger partial charge on any atom is -0.350 e. The molecule has 0 bridgehead atoms. The van der Waals surface area contributed by atoms with Crippen molar-refractivity contribution in [3.05, 3.63) is 45.6 Å². The number of hydrogen-bond acceptors (Lipinski definition) is 3. The zero-order chi connectivity index (χ0) is 15.6. The van der Waals surface area contributed by atoms with Gasteiger partial charge < -0.3 is 9.88 Å². The summed E-state index contributed by atoms with van der Waals surface area (Å²) in [6.45, 7) is 0.697. The number of nitrogens with zero attached hydrogens (tertiary/aromatic N) is 1. The zero-order valence-electron chi connectivity index (χ0n) is 13.0. The van der Waals surface area contributed by atoms with Crippen molar-refractivity contribution in [3.8, 4) is 0 Å². The van der Waals surface area contributed by atoms with Gasteiger partial charge in [-0.25, -0.2) is 0 Å². The lowest BCUT2D eigenvalue weighted by atomic mass is 10.2. The Morgan fingerprint density at radius 3 is 2.87 bits per heavy atom. The number of carbonyl (C=O) groups is 1. The van der Waals surface area contributed by atoms with Gasteiger partial charge in [0.2, 0.25) is 0 Å². The molecule has 0 atom stereocenters. The Kier molecular flexibility index (Phi) is 4.23. The van der Waals surface area contributed by atoms with Crippen LogP contribution in [0.2, 0.25) is 0 Å². The van der Waals surface area contributed by atoms with Gasteiger partial charge in [-0.2, -0.15) is 0 Å². The molecule has 0 saturated heterocycles. The van der Waals surface area contributed by atoms with Crippen LogP contribution in [0.25, 0.3) is 10.2 Å². The maximum absolute atomic E-state index is 12.7. The molecule has 1 aliphatic carbocycles. The first-order valence-corrected chi connectivity index (χ1v) is 9.98. The van der Waals surface area contributed by atoms with Crippen molar-refractivity contribution in [1.82, 2.24) is 9.88 Å². The Morgan fingerprint density at radius 2 is 2.09 bits per heavy atom. The van der Waals surface area contributed by atoms with Gasteiger partial charge >= 0.3 is 0 Å². The van der Waals surface area contributed by atoms with E-state index in [1.807, 2.05) is 0 Å². The number of rotatable bonds is 5. The van der Waals surface area contributed by atoms with Crippen molar-refractivity contribution in [1.29, 1.82) is 0 Å². The standard InChI is InChI=1S/C18H20N2OS2/c21-18(19-9-7-14-6-3-10-22-14)16-12-17-15(8-11-23-17)20(16)13-4-1-2-5-13/h3,6,8,10-13H,1-2,4-5,7,9H2,(H,19,21). The average Bonchev–Trinajstić information content (AvgIpc) is 3.30. The van der Waals surface area contributed by atoms with E-state index in [2.05, 4.69) is 44.9 Å². The molecule has 3 nitrogen and oxygen atoms in total. The quantitative estimate of drug-likeness (QED) is 0.705. The molecule has 0 aliphatic heterocycles. The van der Waals surface area contributed by atoms with Crippen molar-refractivity contribution in [2.24, 2.45) is 0 Å². The topological polar surface area (TPSA) is 34.0 Å². The molecule has 1 fully saturated rings. The molecule has 0 spiro atoms. The van der Waals surface area contributed by atoms with Gasteiger partial charge in [0.25, 0.3) is 5.91 Å².